The highest BCUT2D eigenvalue weighted by molar-refractivity contribution is 14.1. The van der Waals surface area contributed by atoms with Gasteiger partial charge in [-0.25, -0.2) is 0 Å². The van der Waals surface area contributed by atoms with Crippen LogP contribution >= 0.6 is 45.2 Å². The van der Waals surface area contributed by atoms with Crippen LogP contribution in [0.1, 0.15) is 20.7 Å². The zero-order valence-electron chi connectivity index (χ0n) is 9.04. The standard InChI is InChI=1S/C14H6I2O2/c15-7-1-3-9-10-4-2-8(16)6-12(10)14(18)13(17)11(9)5-7/h1-6H. The molecule has 2 aromatic carbocycles. The first-order chi connectivity index (χ1) is 8.58. The first-order valence-corrected chi connectivity index (χ1v) is 7.42. The number of ketones is 2. The molecule has 4 heteroatoms. The van der Waals surface area contributed by atoms with Crippen molar-refractivity contribution >= 4 is 56.7 Å². The fourth-order valence-electron chi connectivity index (χ4n) is 2.12. The summed E-state index contributed by atoms with van der Waals surface area (Å²) < 4.78 is 1.92. The van der Waals surface area contributed by atoms with Gasteiger partial charge in [0, 0.05) is 18.3 Å². The van der Waals surface area contributed by atoms with Gasteiger partial charge in [0.05, 0.1) is 0 Å². The van der Waals surface area contributed by atoms with Crippen LogP contribution in [0.15, 0.2) is 36.4 Å². The van der Waals surface area contributed by atoms with Crippen molar-refractivity contribution in [3.05, 3.63) is 54.7 Å². The Morgan fingerprint density at radius 1 is 0.611 bits per heavy atom. The first kappa shape index (κ1) is 12.3. The van der Waals surface area contributed by atoms with Crippen LogP contribution in [-0.2, 0) is 0 Å². The third-order valence-corrected chi connectivity index (χ3v) is 4.29. The maximum atomic E-state index is 12.1. The predicted octanol–water partition coefficient (Wildman–Crippen LogP) is 3.94. The van der Waals surface area contributed by atoms with Crippen LogP contribution in [0.5, 0.6) is 0 Å². The van der Waals surface area contributed by atoms with Crippen molar-refractivity contribution in [2.24, 2.45) is 0 Å². The van der Waals surface area contributed by atoms with Gasteiger partial charge in [-0.3, -0.25) is 9.59 Å². The smallest absolute Gasteiger partial charge is 0.234 e. The van der Waals surface area contributed by atoms with Crippen LogP contribution < -0.4 is 0 Å². The Morgan fingerprint density at radius 3 is 1.39 bits per heavy atom. The Balaban J connectivity index is 2.38. The van der Waals surface area contributed by atoms with Gasteiger partial charge < -0.3 is 0 Å². The lowest BCUT2D eigenvalue weighted by molar-refractivity contribution is 0.0815. The minimum absolute atomic E-state index is 0.405. The Kier molecular flexibility index (Phi) is 3.01. The van der Waals surface area contributed by atoms with Gasteiger partial charge in [-0.15, -0.1) is 0 Å². The summed E-state index contributed by atoms with van der Waals surface area (Å²) in [6.45, 7) is 0. The van der Waals surface area contributed by atoms with Gasteiger partial charge in [0.15, 0.2) is 0 Å². The van der Waals surface area contributed by atoms with Crippen molar-refractivity contribution in [2.75, 3.05) is 0 Å². The summed E-state index contributed by atoms with van der Waals surface area (Å²) >= 11 is 4.29. The summed E-state index contributed by atoms with van der Waals surface area (Å²) in [5.41, 5.74) is 2.74. The monoisotopic (exact) mass is 460 g/mol. The van der Waals surface area contributed by atoms with E-state index in [-0.39, 0.29) is 0 Å². The molecule has 0 saturated heterocycles. The van der Waals surface area contributed by atoms with Crippen LogP contribution in [-0.4, -0.2) is 11.6 Å². The van der Waals surface area contributed by atoms with Crippen LogP contribution in [0, 0.1) is 7.14 Å². The summed E-state index contributed by atoms with van der Waals surface area (Å²) in [7, 11) is 0. The van der Waals surface area contributed by atoms with E-state index in [0.29, 0.717) is 11.1 Å². The molecule has 0 fully saturated rings. The maximum Gasteiger partial charge on any atom is 0.234 e. The van der Waals surface area contributed by atoms with E-state index in [2.05, 4.69) is 45.2 Å². The zero-order valence-corrected chi connectivity index (χ0v) is 13.4. The molecule has 0 aliphatic heterocycles. The number of hydrogen-bond acceptors (Lipinski definition) is 2. The lowest BCUT2D eigenvalue weighted by Gasteiger charge is -2.18. The van der Waals surface area contributed by atoms with Crippen LogP contribution in [0.25, 0.3) is 11.1 Å². The van der Waals surface area contributed by atoms with Gasteiger partial charge in [-0.05, 0) is 80.6 Å². The van der Waals surface area contributed by atoms with E-state index < -0.39 is 11.6 Å². The van der Waals surface area contributed by atoms with Crippen molar-refractivity contribution in [3.63, 3.8) is 0 Å². The van der Waals surface area contributed by atoms with Crippen molar-refractivity contribution in [2.45, 2.75) is 0 Å². The molecule has 0 radical (unpaired) electrons. The zero-order chi connectivity index (χ0) is 12.9. The molecule has 0 amide bonds. The summed E-state index contributed by atoms with van der Waals surface area (Å²) in [4.78, 5) is 24.2. The molecule has 0 spiro atoms. The molecular weight excluding hydrogens is 454 g/mol. The molecular formula is C14H6I2O2. The highest BCUT2D eigenvalue weighted by Gasteiger charge is 2.30. The lowest BCUT2D eigenvalue weighted by Crippen LogP contribution is -2.21. The van der Waals surface area contributed by atoms with Crippen molar-refractivity contribution in [3.8, 4) is 11.1 Å². The summed E-state index contributed by atoms with van der Waals surface area (Å²) in [6, 6.07) is 11.3. The SMILES string of the molecule is O=C1C(=O)c2cc(I)ccc2-c2ccc(I)cc21. The molecule has 1 aliphatic rings. The number of carbonyl (C=O) groups excluding carboxylic acids is 2. The topological polar surface area (TPSA) is 34.1 Å². The number of rotatable bonds is 0. The van der Waals surface area contributed by atoms with E-state index in [1.165, 1.54) is 0 Å². The highest BCUT2D eigenvalue weighted by atomic mass is 127. The Morgan fingerprint density at radius 2 is 1.00 bits per heavy atom. The number of carbonyl (C=O) groups is 2. The van der Waals surface area contributed by atoms with E-state index in [1.54, 1.807) is 12.1 Å². The van der Waals surface area contributed by atoms with Gasteiger partial charge in [0.1, 0.15) is 0 Å². The molecule has 0 unspecified atom stereocenters. The van der Waals surface area contributed by atoms with E-state index in [4.69, 9.17) is 0 Å². The van der Waals surface area contributed by atoms with Gasteiger partial charge in [-0.1, -0.05) is 12.1 Å². The van der Waals surface area contributed by atoms with Crippen LogP contribution in [0.3, 0.4) is 0 Å². The second-order valence-corrected chi connectivity index (χ2v) is 6.53. The Hall–Kier alpha value is -0.760. The predicted molar refractivity (Wildman–Crippen MR) is 86.0 cm³/mol. The van der Waals surface area contributed by atoms with Gasteiger partial charge in [0.2, 0.25) is 11.6 Å². The van der Waals surface area contributed by atoms with E-state index in [9.17, 15) is 9.59 Å². The summed E-state index contributed by atoms with van der Waals surface area (Å²) in [5.74, 6) is -0.809. The highest BCUT2D eigenvalue weighted by Crippen LogP contribution is 2.34. The molecule has 0 saturated carbocycles. The molecule has 0 atom stereocenters. The van der Waals surface area contributed by atoms with Crippen LogP contribution in [0.2, 0.25) is 0 Å². The largest absolute Gasteiger partial charge is 0.285 e. The maximum absolute atomic E-state index is 12.1. The summed E-state index contributed by atoms with van der Waals surface area (Å²) in [6.07, 6.45) is 0. The second-order valence-electron chi connectivity index (χ2n) is 4.04. The molecule has 88 valence electrons. The molecule has 2 nitrogen and oxygen atoms in total. The minimum atomic E-state index is -0.405. The number of fused-ring (bicyclic) bond motifs is 3. The first-order valence-electron chi connectivity index (χ1n) is 5.26. The molecule has 1 aliphatic carbocycles. The average molecular weight is 460 g/mol. The normalized spacial score (nSPS) is 13.2. The third-order valence-electron chi connectivity index (χ3n) is 2.95. The molecule has 0 aromatic heterocycles. The molecule has 2 aromatic rings. The average Bonchev–Trinajstić information content (AvgIpc) is 2.36. The fourth-order valence-corrected chi connectivity index (χ4v) is 3.11. The van der Waals surface area contributed by atoms with Crippen molar-refractivity contribution < 1.29 is 9.59 Å². The molecule has 0 N–H and O–H groups in total. The van der Waals surface area contributed by atoms with Crippen LogP contribution in [0.4, 0.5) is 0 Å². The van der Waals surface area contributed by atoms with E-state index >= 15 is 0 Å². The van der Waals surface area contributed by atoms with Gasteiger partial charge in [0.25, 0.3) is 0 Å². The number of hydrogen-bond donors (Lipinski definition) is 0. The second kappa shape index (κ2) is 4.41. The molecule has 0 bridgehead atoms. The Bertz CT molecular complexity index is 643. The van der Waals surface area contributed by atoms with Gasteiger partial charge in [-0.2, -0.15) is 0 Å². The van der Waals surface area contributed by atoms with E-state index in [0.717, 1.165) is 18.3 Å². The Labute approximate surface area is 131 Å². The molecule has 3 rings (SSSR count). The quantitative estimate of drug-likeness (QED) is 0.441. The van der Waals surface area contributed by atoms with Gasteiger partial charge >= 0.3 is 0 Å². The van der Waals surface area contributed by atoms with Crippen molar-refractivity contribution in [1.82, 2.24) is 0 Å². The fraction of sp³-hybridized carbons (Fsp3) is 0. The lowest BCUT2D eigenvalue weighted by atomic mass is 9.84. The van der Waals surface area contributed by atoms with E-state index in [1.807, 2.05) is 24.3 Å². The minimum Gasteiger partial charge on any atom is -0.285 e. The molecule has 18 heavy (non-hydrogen) atoms. The number of Topliss-reactive ketones (excluding diaryl/α,β-unsaturated/α-hetero) is 2. The third kappa shape index (κ3) is 1.82. The van der Waals surface area contributed by atoms with Crippen molar-refractivity contribution in [1.29, 1.82) is 0 Å². The number of halogens is 2. The molecule has 0 heterocycles. The summed E-state index contributed by atoms with van der Waals surface area (Å²) in [5, 5.41) is 0. The number of benzene rings is 2.